The summed E-state index contributed by atoms with van der Waals surface area (Å²) >= 11 is 0. The highest BCUT2D eigenvalue weighted by molar-refractivity contribution is 5.06. The predicted molar refractivity (Wildman–Crippen MR) is 63.8 cm³/mol. The number of rotatable bonds is 7. The molecule has 0 saturated heterocycles. The topological polar surface area (TPSA) is 29.9 Å². The molecule has 15 heavy (non-hydrogen) atoms. The van der Waals surface area contributed by atoms with E-state index < -0.39 is 0 Å². The number of aryl methyl sites for hydroxylation is 1. The van der Waals surface area contributed by atoms with Gasteiger partial charge in [-0.2, -0.15) is 5.10 Å². The van der Waals surface area contributed by atoms with Gasteiger partial charge in [-0.3, -0.25) is 4.68 Å². The van der Waals surface area contributed by atoms with Crippen LogP contribution in [0.15, 0.2) is 12.3 Å². The lowest BCUT2D eigenvalue weighted by molar-refractivity contribution is 0.476. The zero-order chi connectivity index (χ0) is 11.1. The zero-order valence-corrected chi connectivity index (χ0v) is 10.2. The van der Waals surface area contributed by atoms with E-state index in [-0.39, 0.29) is 0 Å². The number of nitrogens with one attached hydrogen (secondary N) is 1. The van der Waals surface area contributed by atoms with Crippen molar-refractivity contribution in [3.63, 3.8) is 0 Å². The second kappa shape index (κ2) is 6.62. The Labute approximate surface area is 92.9 Å². The molecule has 1 unspecified atom stereocenters. The van der Waals surface area contributed by atoms with Crippen LogP contribution in [-0.2, 0) is 7.05 Å². The van der Waals surface area contributed by atoms with Crippen molar-refractivity contribution in [1.29, 1.82) is 0 Å². The molecule has 1 aromatic rings. The van der Waals surface area contributed by atoms with Crippen LogP contribution in [0.3, 0.4) is 0 Å². The number of unbranched alkanes of at least 4 members (excludes halogenated alkanes) is 3. The Hall–Kier alpha value is -0.830. The highest BCUT2D eigenvalue weighted by Crippen LogP contribution is 2.18. The molecule has 0 amide bonds. The van der Waals surface area contributed by atoms with Crippen molar-refractivity contribution in [2.45, 2.75) is 45.1 Å². The van der Waals surface area contributed by atoms with Gasteiger partial charge in [-0.15, -0.1) is 0 Å². The van der Waals surface area contributed by atoms with Crippen LogP contribution >= 0.6 is 0 Å². The maximum atomic E-state index is 4.21. The van der Waals surface area contributed by atoms with Crippen molar-refractivity contribution >= 4 is 0 Å². The zero-order valence-electron chi connectivity index (χ0n) is 10.2. The van der Waals surface area contributed by atoms with Crippen molar-refractivity contribution in [2.75, 3.05) is 7.05 Å². The van der Waals surface area contributed by atoms with E-state index in [9.17, 15) is 0 Å². The first-order chi connectivity index (χ1) is 7.29. The molecule has 1 aromatic heterocycles. The third-order valence-corrected chi connectivity index (χ3v) is 2.91. The summed E-state index contributed by atoms with van der Waals surface area (Å²) in [5.41, 5.74) is 1.29. The SMILES string of the molecule is CCCCCCC(NC)c1ccnn1C. The third kappa shape index (κ3) is 3.67. The fourth-order valence-electron chi connectivity index (χ4n) is 1.94. The summed E-state index contributed by atoms with van der Waals surface area (Å²) in [6, 6.07) is 2.55. The first-order valence-corrected chi connectivity index (χ1v) is 5.94. The fourth-order valence-corrected chi connectivity index (χ4v) is 1.94. The van der Waals surface area contributed by atoms with Gasteiger partial charge >= 0.3 is 0 Å². The van der Waals surface area contributed by atoms with Gasteiger partial charge in [-0.25, -0.2) is 0 Å². The van der Waals surface area contributed by atoms with Crippen LogP contribution in [0.2, 0.25) is 0 Å². The van der Waals surface area contributed by atoms with E-state index in [0.29, 0.717) is 6.04 Å². The van der Waals surface area contributed by atoms with Crippen LogP contribution in [0.5, 0.6) is 0 Å². The van der Waals surface area contributed by atoms with Crippen molar-refractivity contribution in [1.82, 2.24) is 15.1 Å². The minimum atomic E-state index is 0.453. The summed E-state index contributed by atoms with van der Waals surface area (Å²) in [5, 5.41) is 7.57. The van der Waals surface area contributed by atoms with E-state index in [1.54, 1.807) is 0 Å². The Bertz CT molecular complexity index is 268. The lowest BCUT2D eigenvalue weighted by atomic mass is 10.0. The van der Waals surface area contributed by atoms with Gasteiger partial charge in [0.25, 0.3) is 0 Å². The smallest absolute Gasteiger partial charge is 0.0550 e. The molecule has 3 heteroatoms. The molecular formula is C12H23N3. The van der Waals surface area contributed by atoms with Crippen LogP contribution in [-0.4, -0.2) is 16.8 Å². The number of hydrogen-bond donors (Lipinski definition) is 1. The molecule has 1 rings (SSSR count). The van der Waals surface area contributed by atoms with Gasteiger partial charge in [-0.05, 0) is 19.5 Å². The molecule has 0 bridgehead atoms. The molecule has 1 atom stereocenters. The molecule has 0 aliphatic rings. The van der Waals surface area contributed by atoms with Gasteiger partial charge in [0.15, 0.2) is 0 Å². The maximum Gasteiger partial charge on any atom is 0.0550 e. The Morgan fingerprint density at radius 1 is 1.40 bits per heavy atom. The molecule has 3 nitrogen and oxygen atoms in total. The average Bonchev–Trinajstić information content (AvgIpc) is 2.65. The Morgan fingerprint density at radius 2 is 2.20 bits per heavy atom. The van der Waals surface area contributed by atoms with E-state index in [0.717, 1.165) is 0 Å². The predicted octanol–water partition coefficient (Wildman–Crippen LogP) is 2.65. The van der Waals surface area contributed by atoms with Gasteiger partial charge < -0.3 is 5.32 Å². The number of nitrogens with zero attached hydrogens (tertiary/aromatic N) is 2. The van der Waals surface area contributed by atoms with Crippen molar-refractivity contribution in [3.8, 4) is 0 Å². The van der Waals surface area contributed by atoms with Crippen molar-refractivity contribution in [2.24, 2.45) is 7.05 Å². The molecule has 1 N–H and O–H groups in total. The van der Waals surface area contributed by atoms with Gasteiger partial charge in [-0.1, -0.05) is 32.6 Å². The van der Waals surface area contributed by atoms with E-state index in [2.05, 4.69) is 23.4 Å². The Kier molecular flexibility index (Phi) is 5.40. The number of aromatic nitrogens is 2. The lowest BCUT2D eigenvalue weighted by Crippen LogP contribution is -2.19. The summed E-state index contributed by atoms with van der Waals surface area (Å²) in [6.45, 7) is 2.25. The monoisotopic (exact) mass is 209 g/mol. The van der Waals surface area contributed by atoms with E-state index >= 15 is 0 Å². The van der Waals surface area contributed by atoms with Crippen LogP contribution in [0.4, 0.5) is 0 Å². The van der Waals surface area contributed by atoms with Gasteiger partial charge in [0.1, 0.15) is 0 Å². The maximum absolute atomic E-state index is 4.21. The van der Waals surface area contributed by atoms with Crippen LogP contribution in [0.1, 0.15) is 50.8 Å². The van der Waals surface area contributed by atoms with Crippen LogP contribution in [0, 0.1) is 0 Å². The van der Waals surface area contributed by atoms with E-state index in [1.165, 1.54) is 37.8 Å². The second-order valence-corrected chi connectivity index (χ2v) is 4.07. The van der Waals surface area contributed by atoms with Gasteiger partial charge in [0, 0.05) is 19.3 Å². The molecule has 0 aliphatic heterocycles. The highest BCUT2D eigenvalue weighted by atomic mass is 15.3. The molecule has 1 heterocycles. The second-order valence-electron chi connectivity index (χ2n) is 4.07. The number of hydrogen-bond acceptors (Lipinski definition) is 2. The standard InChI is InChI=1S/C12H23N3/c1-4-5-6-7-8-11(13-2)12-9-10-14-15(12)3/h9-11,13H,4-8H2,1-3H3. The first-order valence-electron chi connectivity index (χ1n) is 5.94. The largest absolute Gasteiger partial charge is 0.312 e. The normalized spacial score (nSPS) is 13.0. The third-order valence-electron chi connectivity index (χ3n) is 2.91. The summed E-state index contributed by atoms with van der Waals surface area (Å²) in [4.78, 5) is 0. The van der Waals surface area contributed by atoms with Gasteiger partial charge in [0.05, 0.1) is 5.69 Å². The quantitative estimate of drug-likeness (QED) is 0.700. The highest BCUT2D eigenvalue weighted by Gasteiger charge is 2.11. The first kappa shape index (κ1) is 12.2. The van der Waals surface area contributed by atoms with Crippen LogP contribution in [0.25, 0.3) is 0 Å². The molecule has 0 aromatic carbocycles. The van der Waals surface area contributed by atoms with Crippen LogP contribution < -0.4 is 5.32 Å². The van der Waals surface area contributed by atoms with Crippen molar-refractivity contribution < 1.29 is 0 Å². The molecule has 0 spiro atoms. The Balaban J connectivity index is 2.39. The molecule has 0 aliphatic carbocycles. The van der Waals surface area contributed by atoms with E-state index in [4.69, 9.17) is 0 Å². The minimum absolute atomic E-state index is 0.453. The van der Waals surface area contributed by atoms with Crippen molar-refractivity contribution in [3.05, 3.63) is 18.0 Å². The lowest BCUT2D eigenvalue weighted by Gasteiger charge is -2.16. The average molecular weight is 209 g/mol. The van der Waals surface area contributed by atoms with Gasteiger partial charge in [0.2, 0.25) is 0 Å². The summed E-state index contributed by atoms with van der Waals surface area (Å²) < 4.78 is 1.96. The molecular weight excluding hydrogens is 186 g/mol. The Morgan fingerprint density at radius 3 is 2.73 bits per heavy atom. The molecule has 0 radical (unpaired) electrons. The van der Waals surface area contributed by atoms with E-state index in [1.807, 2.05) is 25.0 Å². The summed E-state index contributed by atoms with van der Waals surface area (Å²) in [6.07, 6.45) is 8.36. The molecule has 0 saturated carbocycles. The summed E-state index contributed by atoms with van der Waals surface area (Å²) in [7, 11) is 4.03. The minimum Gasteiger partial charge on any atom is -0.312 e. The summed E-state index contributed by atoms with van der Waals surface area (Å²) in [5.74, 6) is 0. The molecule has 0 fully saturated rings. The fraction of sp³-hybridized carbons (Fsp3) is 0.750. The molecule has 86 valence electrons.